The molecule has 0 amide bonds. The summed E-state index contributed by atoms with van der Waals surface area (Å²) >= 11 is 2.25. The number of fused-ring (bicyclic) bond motifs is 1. The van der Waals surface area contributed by atoms with Gasteiger partial charge in [0.05, 0.1) is 11.6 Å². The molecule has 0 spiro atoms. The number of ketones is 1. The molecule has 1 atom stereocenters. The Hall–Kier alpha value is -1.23. The summed E-state index contributed by atoms with van der Waals surface area (Å²) in [5, 5.41) is 0. The fraction of sp³-hybridized carbons (Fsp3) is 0.250. The number of halogens is 1. The first-order chi connectivity index (χ1) is 9.25. The van der Waals surface area contributed by atoms with E-state index in [1.165, 1.54) is 5.56 Å². The normalized spacial score (nSPS) is 17.8. The van der Waals surface area contributed by atoms with Gasteiger partial charge in [0.15, 0.2) is 5.78 Å². The molecule has 0 saturated carbocycles. The quantitative estimate of drug-likeness (QED) is 0.597. The van der Waals surface area contributed by atoms with Crippen molar-refractivity contribution in [2.45, 2.75) is 25.2 Å². The van der Waals surface area contributed by atoms with Crippen molar-refractivity contribution in [3.05, 3.63) is 63.0 Å². The number of carbonyl (C=O) groups excluding carboxylic acids is 1. The van der Waals surface area contributed by atoms with Crippen molar-refractivity contribution in [3.63, 3.8) is 0 Å². The summed E-state index contributed by atoms with van der Waals surface area (Å²) in [7, 11) is 0. The number of Topliss-reactive ketones (excluding diaryl/α,β-unsaturated/α-hetero) is 1. The molecule has 3 rings (SSSR count). The van der Waals surface area contributed by atoms with Crippen molar-refractivity contribution in [1.82, 2.24) is 4.98 Å². The van der Waals surface area contributed by atoms with Crippen molar-refractivity contribution in [1.29, 1.82) is 0 Å². The molecule has 96 valence electrons. The van der Waals surface area contributed by atoms with Crippen LogP contribution in [0.15, 0.2) is 42.6 Å². The second-order valence-corrected chi connectivity index (χ2v) is 6.11. The van der Waals surface area contributed by atoms with Gasteiger partial charge in [-0.1, -0.05) is 18.2 Å². The van der Waals surface area contributed by atoms with E-state index in [4.69, 9.17) is 0 Å². The Kier molecular flexibility index (Phi) is 3.64. The molecule has 0 saturated heterocycles. The number of benzene rings is 1. The standard InChI is InChI=1S/C16H14INO/c17-13-8-6-12(7-9-13)16(19)14-5-1-3-11-4-2-10-18-15(11)14/h2,4,6-10,14H,1,3,5H2. The molecule has 1 aliphatic carbocycles. The summed E-state index contributed by atoms with van der Waals surface area (Å²) < 4.78 is 1.15. The number of carbonyl (C=O) groups is 1. The summed E-state index contributed by atoms with van der Waals surface area (Å²) in [6.45, 7) is 0. The van der Waals surface area contributed by atoms with E-state index in [2.05, 4.69) is 33.6 Å². The van der Waals surface area contributed by atoms with Crippen LogP contribution in [0.5, 0.6) is 0 Å². The lowest BCUT2D eigenvalue weighted by Crippen LogP contribution is -2.20. The minimum Gasteiger partial charge on any atom is -0.293 e. The van der Waals surface area contributed by atoms with Crippen molar-refractivity contribution in [2.75, 3.05) is 0 Å². The number of hydrogen-bond acceptors (Lipinski definition) is 2. The Morgan fingerprint density at radius 3 is 2.79 bits per heavy atom. The van der Waals surface area contributed by atoms with E-state index in [1.54, 1.807) is 6.20 Å². The number of hydrogen-bond donors (Lipinski definition) is 0. The summed E-state index contributed by atoms with van der Waals surface area (Å²) in [5.74, 6) is 0.140. The third-order valence-electron chi connectivity index (χ3n) is 3.64. The van der Waals surface area contributed by atoms with Crippen LogP contribution < -0.4 is 0 Å². The largest absolute Gasteiger partial charge is 0.293 e. The van der Waals surface area contributed by atoms with E-state index in [0.717, 1.165) is 34.1 Å². The molecule has 0 radical (unpaired) electrons. The van der Waals surface area contributed by atoms with E-state index < -0.39 is 0 Å². The van der Waals surface area contributed by atoms with Gasteiger partial charge in [0.25, 0.3) is 0 Å². The van der Waals surface area contributed by atoms with Crippen molar-refractivity contribution < 1.29 is 4.79 Å². The molecule has 3 heteroatoms. The zero-order chi connectivity index (χ0) is 13.2. The van der Waals surface area contributed by atoms with E-state index in [1.807, 2.05) is 30.3 Å². The van der Waals surface area contributed by atoms with Gasteiger partial charge >= 0.3 is 0 Å². The van der Waals surface area contributed by atoms with Gasteiger partial charge in [-0.15, -0.1) is 0 Å². The molecule has 0 aliphatic heterocycles. The van der Waals surface area contributed by atoms with E-state index in [9.17, 15) is 4.79 Å². The van der Waals surface area contributed by atoms with Gasteiger partial charge < -0.3 is 0 Å². The third-order valence-corrected chi connectivity index (χ3v) is 4.36. The van der Waals surface area contributed by atoms with Crippen LogP contribution in [0.3, 0.4) is 0 Å². The Bertz CT molecular complexity index is 606. The molecular weight excluding hydrogens is 349 g/mol. The first-order valence-corrected chi connectivity index (χ1v) is 7.57. The zero-order valence-electron chi connectivity index (χ0n) is 10.5. The van der Waals surface area contributed by atoms with Gasteiger partial charge in [-0.05, 0) is 65.6 Å². The highest BCUT2D eigenvalue weighted by atomic mass is 127. The smallest absolute Gasteiger partial charge is 0.171 e. The second kappa shape index (κ2) is 5.41. The van der Waals surface area contributed by atoms with Crippen LogP contribution in [0.2, 0.25) is 0 Å². The molecule has 0 N–H and O–H groups in total. The second-order valence-electron chi connectivity index (χ2n) is 4.86. The minimum atomic E-state index is -0.0648. The minimum absolute atomic E-state index is 0.0648. The fourth-order valence-corrected chi connectivity index (χ4v) is 3.04. The molecule has 2 nitrogen and oxygen atoms in total. The molecule has 0 fully saturated rings. The predicted octanol–water partition coefficient (Wildman–Crippen LogP) is 3.99. The monoisotopic (exact) mass is 363 g/mol. The van der Waals surface area contributed by atoms with Crippen LogP contribution in [-0.2, 0) is 6.42 Å². The number of rotatable bonds is 2. The first kappa shape index (κ1) is 12.8. The van der Waals surface area contributed by atoms with E-state index >= 15 is 0 Å². The summed E-state index contributed by atoms with van der Waals surface area (Å²) in [6.07, 6.45) is 4.81. The van der Waals surface area contributed by atoms with Gasteiger partial charge in [-0.25, -0.2) is 0 Å². The first-order valence-electron chi connectivity index (χ1n) is 6.49. The molecule has 19 heavy (non-hydrogen) atoms. The molecule has 1 aromatic heterocycles. The SMILES string of the molecule is O=C(c1ccc(I)cc1)C1CCCc2cccnc21. The molecule has 1 aromatic carbocycles. The van der Waals surface area contributed by atoms with Crippen molar-refractivity contribution in [3.8, 4) is 0 Å². The Morgan fingerprint density at radius 2 is 2.00 bits per heavy atom. The van der Waals surface area contributed by atoms with Crippen LogP contribution >= 0.6 is 22.6 Å². The predicted molar refractivity (Wildman–Crippen MR) is 83.4 cm³/mol. The lowest BCUT2D eigenvalue weighted by Gasteiger charge is -2.23. The highest BCUT2D eigenvalue weighted by Crippen LogP contribution is 2.32. The summed E-state index contributed by atoms with van der Waals surface area (Å²) in [5.41, 5.74) is 3.01. The van der Waals surface area contributed by atoms with Gasteiger partial charge in [0.1, 0.15) is 0 Å². The van der Waals surface area contributed by atoms with Crippen LogP contribution in [0.4, 0.5) is 0 Å². The molecule has 1 heterocycles. The Labute approximate surface area is 126 Å². The average Bonchev–Trinajstić information content (AvgIpc) is 2.47. The summed E-state index contributed by atoms with van der Waals surface area (Å²) in [6, 6.07) is 11.8. The number of aryl methyl sites for hydroxylation is 1. The van der Waals surface area contributed by atoms with E-state index in [-0.39, 0.29) is 11.7 Å². The maximum absolute atomic E-state index is 12.6. The fourth-order valence-electron chi connectivity index (χ4n) is 2.68. The van der Waals surface area contributed by atoms with Crippen LogP contribution in [0, 0.1) is 3.57 Å². The number of pyridine rings is 1. The van der Waals surface area contributed by atoms with Gasteiger partial charge in [0, 0.05) is 15.3 Å². The van der Waals surface area contributed by atoms with E-state index in [0.29, 0.717) is 0 Å². The third kappa shape index (κ3) is 2.56. The lowest BCUT2D eigenvalue weighted by atomic mass is 9.82. The molecule has 0 bridgehead atoms. The van der Waals surface area contributed by atoms with Crippen LogP contribution in [0.1, 0.15) is 40.4 Å². The maximum atomic E-state index is 12.6. The molecule has 1 unspecified atom stereocenters. The van der Waals surface area contributed by atoms with Crippen molar-refractivity contribution in [2.24, 2.45) is 0 Å². The lowest BCUT2D eigenvalue weighted by molar-refractivity contribution is 0.0949. The average molecular weight is 363 g/mol. The Morgan fingerprint density at radius 1 is 1.21 bits per heavy atom. The Balaban J connectivity index is 1.95. The van der Waals surface area contributed by atoms with Crippen LogP contribution in [-0.4, -0.2) is 10.8 Å². The number of aromatic nitrogens is 1. The highest BCUT2D eigenvalue weighted by molar-refractivity contribution is 14.1. The molecule has 2 aromatic rings. The highest BCUT2D eigenvalue weighted by Gasteiger charge is 2.28. The van der Waals surface area contributed by atoms with Crippen molar-refractivity contribution >= 4 is 28.4 Å². The van der Waals surface area contributed by atoms with Gasteiger partial charge in [-0.2, -0.15) is 0 Å². The maximum Gasteiger partial charge on any atom is 0.171 e. The van der Waals surface area contributed by atoms with Gasteiger partial charge in [-0.3, -0.25) is 9.78 Å². The van der Waals surface area contributed by atoms with Crippen LogP contribution in [0.25, 0.3) is 0 Å². The number of nitrogens with zero attached hydrogens (tertiary/aromatic N) is 1. The zero-order valence-corrected chi connectivity index (χ0v) is 12.6. The van der Waals surface area contributed by atoms with Gasteiger partial charge in [0.2, 0.25) is 0 Å². The molecule has 1 aliphatic rings. The topological polar surface area (TPSA) is 30.0 Å². The molecular formula is C16H14INO. The summed E-state index contributed by atoms with van der Waals surface area (Å²) in [4.78, 5) is 17.1.